The fourth-order valence-corrected chi connectivity index (χ4v) is 3.40. The van der Waals surface area contributed by atoms with Crippen LogP contribution in [0.3, 0.4) is 0 Å². The molecule has 0 aliphatic carbocycles. The Balaban J connectivity index is -0.000000569. The van der Waals surface area contributed by atoms with Crippen LogP contribution in [0.2, 0.25) is 0 Å². The standard InChI is InChI=1S/2C11H21NO4S.Ca/c2*1-2-3-4-5-6-8-11(13)12-9-7-10-17(14,15)16;/h2*6,8H,2-5,7,9-10H2,1H3,(H,12,13)(H,14,15,16);/q;;+2/p-2/b2*8-6+;. The van der Waals surface area contributed by atoms with Crippen molar-refractivity contribution in [2.75, 3.05) is 24.6 Å². The molecule has 0 saturated carbocycles. The average molecular weight is 565 g/mol. The molecule has 0 saturated heterocycles. The largest absolute Gasteiger partial charge is 2.00 e. The van der Waals surface area contributed by atoms with Gasteiger partial charge >= 0.3 is 37.7 Å². The van der Waals surface area contributed by atoms with Gasteiger partial charge in [0.1, 0.15) is 0 Å². The van der Waals surface area contributed by atoms with Crippen LogP contribution in [0.1, 0.15) is 78.1 Å². The van der Waals surface area contributed by atoms with E-state index < -0.39 is 26.0 Å². The Bertz CT molecular complexity index is 826. The van der Waals surface area contributed by atoms with Crippen LogP contribution in [-0.4, -0.2) is 100 Å². The minimum absolute atomic E-state index is 0. The number of nitrogens with zero attached hydrogens (tertiary/aromatic N) is 1. The number of rotatable bonds is 18. The van der Waals surface area contributed by atoms with Crippen molar-refractivity contribution in [1.29, 1.82) is 0 Å². The summed E-state index contributed by atoms with van der Waals surface area (Å²) in [5.41, 5.74) is 0. The third-order valence-corrected chi connectivity index (χ3v) is 5.77. The molecule has 35 heavy (non-hydrogen) atoms. The molecule has 0 spiro atoms. The molecule has 1 amide bonds. The molecule has 0 aromatic carbocycles. The first kappa shape index (κ1) is 39.0. The Morgan fingerprint density at radius 1 is 0.886 bits per heavy atom. The number of aliphatic imine (C=N–C) groups is 1. The number of hydrogen-bond donors (Lipinski definition) is 2. The average Bonchev–Trinajstić information content (AvgIpc) is 2.73. The Labute approximate surface area is 241 Å². The van der Waals surface area contributed by atoms with Crippen LogP contribution in [-0.2, 0) is 25.0 Å². The summed E-state index contributed by atoms with van der Waals surface area (Å²) >= 11 is 0. The summed E-state index contributed by atoms with van der Waals surface area (Å²) < 4.78 is 60.0. The number of unbranched alkanes of at least 4 members (excludes halogenated alkanes) is 6. The van der Waals surface area contributed by atoms with Gasteiger partial charge in [-0.2, -0.15) is 8.42 Å². The summed E-state index contributed by atoms with van der Waals surface area (Å²) in [7, 11) is -8.11. The van der Waals surface area contributed by atoms with Gasteiger partial charge < -0.3 is 20.0 Å². The van der Waals surface area contributed by atoms with Crippen LogP contribution in [0, 0.1) is 0 Å². The molecule has 2 N–H and O–H groups in total. The van der Waals surface area contributed by atoms with Crippen molar-refractivity contribution in [1.82, 2.24) is 5.32 Å². The van der Waals surface area contributed by atoms with E-state index >= 15 is 0 Å². The van der Waals surface area contributed by atoms with E-state index in [2.05, 4.69) is 24.2 Å². The predicted octanol–water partition coefficient (Wildman–Crippen LogP) is 1.95. The van der Waals surface area contributed by atoms with Gasteiger partial charge in [0.25, 0.3) is 10.1 Å². The maximum atomic E-state index is 11.2. The van der Waals surface area contributed by atoms with Crippen LogP contribution >= 0.6 is 0 Å². The SMILES string of the molecule is CCCCC/C=C/C(=O)NCCCS(=O)(=O)O.CCCCC/C=C/C([O-])=NCCCS(=O)(=O)[O-].[Ca+2]. The topological polar surface area (TPSA) is 176 Å². The molecule has 0 aliphatic heterocycles. The molecular formula is C22H40CaN2O8S2. The molecule has 0 aromatic heterocycles. The summed E-state index contributed by atoms with van der Waals surface area (Å²) in [4.78, 5) is 14.8. The molecule has 0 fully saturated rings. The first-order valence-corrected chi connectivity index (χ1v) is 14.8. The molecule has 0 heterocycles. The van der Waals surface area contributed by atoms with Gasteiger partial charge in [0.05, 0.1) is 15.9 Å². The molecule has 13 heteroatoms. The quantitative estimate of drug-likeness (QED) is 0.0634. The van der Waals surface area contributed by atoms with Crippen LogP contribution in [0.15, 0.2) is 29.3 Å². The molecule has 0 aromatic rings. The van der Waals surface area contributed by atoms with Crippen LogP contribution in [0.5, 0.6) is 0 Å². The van der Waals surface area contributed by atoms with Crippen molar-refractivity contribution in [3.63, 3.8) is 0 Å². The zero-order valence-corrected chi connectivity index (χ0v) is 24.8. The fourth-order valence-electron chi connectivity index (χ4n) is 2.41. The second-order valence-electron chi connectivity index (χ2n) is 7.56. The van der Waals surface area contributed by atoms with E-state index in [-0.39, 0.29) is 81.2 Å². The van der Waals surface area contributed by atoms with Gasteiger partial charge in [-0.1, -0.05) is 57.8 Å². The van der Waals surface area contributed by atoms with E-state index in [4.69, 9.17) is 4.55 Å². The second kappa shape index (κ2) is 25.2. The van der Waals surface area contributed by atoms with Crippen LogP contribution in [0.4, 0.5) is 0 Å². The zero-order valence-electron chi connectivity index (χ0n) is 21.0. The molecule has 200 valence electrons. The van der Waals surface area contributed by atoms with Crippen molar-refractivity contribution in [2.24, 2.45) is 4.99 Å². The molecule has 0 bridgehead atoms. The van der Waals surface area contributed by atoms with Crippen molar-refractivity contribution in [3.05, 3.63) is 24.3 Å². The van der Waals surface area contributed by atoms with Gasteiger partial charge in [0, 0.05) is 18.8 Å². The molecular weight excluding hydrogens is 524 g/mol. The molecule has 0 radical (unpaired) electrons. The van der Waals surface area contributed by atoms with Crippen molar-refractivity contribution < 1.29 is 35.8 Å². The summed E-state index contributed by atoms with van der Waals surface area (Å²) in [5, 5.41) is 13.7. The summed E-state index contributed by atoms with van der Waals surface area (Å²) in [5.74, 6) is -1.39. The van der Waals surface area contributed by atoms with Gasteiger partial charge in [0.2, 0.25) is 5.91 Å². The van der Waals surface area contributed by atoms with E-state index in [0.29, 0.717) is 0 Å². The van der Waals surface area contributed by atoms with E-state index in [9.17, 15) is 31.3 Å². The Hall–Kier alpha value is -0.500. The molecule has 0 atom stereocenters. The Morgan fingerprint density at radius 3 is 1.91 bits per heavy atom. The molecule has 0 rings (SSSR count). The van der Waals surface area contributed by atoms with E-state index in [1.165, 1.54) is 12.2 Å². The minimum Gasteiger partial charge on any atom is -0.859 e. The van der Waals surface area contributed by atoms with Crippen LogP contribution < -0.4 is 10.4 Å². The number of carbonyl (C=O) groups is 1. The second-order valence-corrected chi connectivity index (χ2v) is 10.7. The predicted molar refractivity (Wildman–Crippen MR) is 138 cm³/mol. The van der Waals surface area contributed by atoms with Crippen molar-refractivity contribution in [2.45, 2.75) is 78.1 Å². The first-order chi connectivity index (χ1) is 15.9. The number of carbonyl (C=O) groups excluding carboxylic acids is 1. The number of allylic oxidation sites excluding steroid dienone is 2. The molecule has 0 aliphatic rings. The maximum Gasteiger partial charge on any atom is 2.00 e. The monoisotopic (exact) mass is 564 g/mol. The van der Waals surface area contributed by atoms with E-state index in [1.807, 2.05) is 6.08 Å². The first-order valence-electron chi connectivity index (χ1n) is 11.6. The van der Waals surface area contributed by atoms with Crippen molar-refractivity contribution in [3.8, 4) is 0 Å². The number of amides is 1. The maximum absolute atomic E-state index is 11.2. The van der Waals surface area contributed by atoms with Gasteiger partial charge in [-0.3, -0.25) is 9.35 Å². The fraction of sp³-hybridized carbons (Fsp3) is 0.727. The summed E-state index contributed by atoms with van der Waals surface area (Å²) in [6.07, 6.45) is 15.2. The minimum atomic E-state index is -4.19. The third kappa shape index (κ3) is 38.2. The van der Waals surface area contributed by atoms with Crippen molar-refractivity contribution >= 4 is 69.8 Å². The van der Waals surface area contributed by atoms with Gasteiger partial charge in [0.15, 0.2) is 0 Å². The van der Waals surface area contributed by atoms with Gasteiger partial charge in [-0.25, -0.2) is 8.42 Å². The summed E-state index contributed by atoms with van der Waals surface area (Å²) in [6.45, 7) is 4.55. The normalized spacial score (nSPS) is 12.3. The smallest absolute Gasteiger partial charge is 0.859 e. The number of hydrogen-bond acceptors (Lipinski definition) is 8. The zero-order chi connectivity index (χ0) is 26.3. The Kier molecular flexibility index (Phi) is 28.1. The van der Waals surface area contributed by atoms with Crippen LogP contribution in [0.25, 0.3) is 0 Å². The van der Waals surface area contributed by atoms with Gasteiger partial charge in [-0.05, 0) is 50.5 Å². The van der Waals surface area contributed by atoms with E-state index in [1.54, 1.807) is 6.08 Å². The molecule has 10 nitrogen and oxygen atoms in total. The summed E-state index contributed by atoms with van der Waals surface area (Å²) in [6, 6.07) is 0. The van der Waals surface area contributed by atoms with E-state index in [0.717, 1.165) is 51.4 Å². The van der Waals surface area contributed by atoms with Gasteiger partial charge in [-0.15, -0.1) is 0 Å². The third-order valence-electron chi connectivity index (χ3n) is 4.18. The number of nitrogens with one attached hydrogen (secondary N) is 1. The molecule has 0 unspecified atom stereocenters. The Morgan fingerprint density at radius 2 is 1.43 bits per heavy atom.